The van der Waals surface area contributed by atoms with E-state index < -0.39 is 5.97 Å². The molecule has 1 aromatic heterocycles. The maximum Gasteiger partial charge on any atom is 0.355 e. The second kappa shape index (κ2) is 8.52. The fourth-order valence-corrected chi connectivity index (χ4v) is 2.54. The largest absolute Gasteiger partial charge is 0.476 e. The number of hydrogen-bond donors (Lipinski definition) is 3. The van der Waals surface area contributed by atoms with Crippen molar-refractivity contribution in [3.05, 3.63) is 16.1 Å². The number of thiazole rings is 1. The van der Waals surface area contributed by atoms with E-state index in [1.165, 1.54) is 16.7 Å². The molecule has 1 unspecified atom stereocenters. The average molecular weight is 299 g/mol. The molecule has 0 spiro atoms. The lowest BCUT2D eigenvalue weighted by Gasteiger charge is -2.16. The van der Waals surface area contributed by atoms with Gasteiger partial charge in [-0.05, 0) is 12.8 Å². The van der Waals surface area contributed by atoms with Crippen LogP contribution in [0.3, 0.4) is 0 Å². The first-order valence-corrected chi connectivity index (χ1v) is 7.66. The first kappa shape index (κ1) is 16.4. The molecule has 0 aliphatic rings. The molecule has 7 heteroatoms. The van der Waals surface area contributed by atoms with Crippen LogP contribution >= 0.6 is 11.3 Å². The summed E-state index contributed by atoms with van der Waals surface area (Å²) >= 11 is 1.29. The van der Waals surface area contributed by atoms with Gasteiger partial charge in [-0.25, -0.2) is 14.6 Å². The molecule has 3 N–H and O–H groups in total. The molecular formula is C13H21N3O3S. The molecule has 1 heterocycles. The number of nitrogens with one attached hydrogen (secondary N) is 2. The number of carboxylic acid groups (broad SMARTS) is 1. The maximum absolute atomic E-state index is 11.7. The fourth-order valence-electron chi connectivity index (χ4n) is 1.77. The highest BCUT2D eigenvalue weighted by Crippen LogP contribution is 2.09. The van der Waals surface area contributed by atoms with Crippen molar-refractivity contribution >= 4 is 23.3 Å². The molecule has 0 fully saturated rings. The Labute approximate surface area is 122 Å². The standard InChI is InChI=1S/C13H21N3O3S/c1-3-5-9(4-2)15-13(19)14-7-6-11-16-10(8-20-11)12(17)18/h8-9H,3-7H2,1-2H3,(H,17,18)(H2,14,15,19). The summed E-state index contributed by atoms with van der Waals surface area (Å²) < 4.78 is 0. The lowest BCUT2D eigenvalue weighted by Crippen LogP contribution is -2.42. The second-order valence-corrected chi connectivity index (χ2v) is 5.42. The maximum atomic E-state index is 11.7. The Balaban J connectivity index is 2.28. The van der Waals surface area contributed by atoms with Gasteiger partial charge in [-0.15, -0.1) is 11.3 Å². The third-order valence-corrected chi connectivity index (χ3v) is 3.77. The minimum Gasteiger partial charge on any atom is -0.476 e. The summed E-state index contributed by atoms with van der Waals surface area (Å²) in [5, 5.41) is 16.6. The van der Waals surface area contributed by atoms with Crippen molar-refractivity contribution in [2.45, 2.75) is 45.6 Å². The summed E-state index contributed by atoms with van der Waals surface area (Å²) in [6, 6.07) is 0.0267. The molecule has 0 aliphatic heterocycles. The van der Waals surface area contributed by atoms with E-state index in [1.54, 1.807) is 0 Å². The van der Waals surface area contributed by atoms with E-state index >= 15 is 0 Å². The quantitative estimate of drug-likeness (QED) is 0.686. The van der Waals surface area contributed by atoms with Crippen molar-refractivity contribution in [2.75, 3.05) is 6.54 Å². The number of nitrogens with zero attached hydrogens (tertiary/aromatic N) is 1. The van der Waals surface area contributed by atoms with E-state index in [4.69, 9.17) is 5.11 Å². The lowest BCUT2D eigenvalue weighted by atomic mass is 10.1. The fraction of sp³-hybridized carbons (Fsp3) is 0.615. The van der Waals surface area contributed by atoms with Crippen molar-refractivity contribution < 1.29 is 14.7 Å². The zero-order valence-electron chi connectivity index (χ0n) is 11.8. The molecule has 0 bridgehead atoms. The third-order valence-electron chi connectivity index (χ3n) is 2.86. The minimum atomic E-state index is -1.02. The number of carboxylic acids is 1. The van der Waals surface area contributed by atoms with Crippen LogP contribution in [0.4, 0.5) is 4.79 Å². The summed E-state index contributed by atoms with van der Waals surface area (Å²) in [7, 11) is 0. The van der Waals surface area contributed by atoms with Crippen molar-refractivity contribution in [1.82, 2.24) is 15.6 Å². The summed E-state index contributed by atoms with van der Waals surface area (Å²) in [5.74, 6) is -1.02. The first-order chi connectivity index (χ1) is 9.56. The lowest BCUT2D eigenvalue weighted by molar-refractivity contribution is 0.0691. The van der Waals surface area contributed by atoms with Crippen molar-refractivity contribution in [3.63, 3.8) is 0 Å². The highest BCUT2D eigenvalue weighted by atomic mass is 32.1. The zero-order valence-corrected chi connectivity index (χ0v) is 12.6. The number of aromatic nitrogens is 1. The van der Waals surface area contributed by atoms with Crippen molar-refractivity contribution in [3.8, 4) is 0 Å². The SMILES string of the molecule is CCCC(CC)NC(=O)NCCc1nc(C(=O)O)cs1. The van der Waals surface area contributed by atoms with Crippen molar-refractivity contribution in [2.24, 2.45) is 0 Å². The van der Waals surface area contributed by atoms with Gasteiger partial charge in [0.15, 0.2) is 5.69 Å². The Kier molecular flexibility index (Phi) is 7.00. The van der Waals surface area contributed by atoms with Crippen LogP contribution in [0.2, 0.25) is 0 Å². The third kappa shape index (κ3) is 5.56. The van der Waals surface area contributed by atoms with Crippen LogP contribution in [-0.2, 0) is 6.42 Å². The van der Waals surface area contributed by atoms with Crippen LogP contribution < -0.4 is 10.6 Å². The molecular weight excluding hydrogens is 278 g/mol. The molecule has 20 heavy (non-hydrogen) atoms. The van der Waals surface area contributed by atoms with Crippen LogP contribution in [0.5, 0.6) is 0 Å². The van der Waals surface area contributed by atoms with Crippen LogP contribution in [0.25, 0.3) is 0 Å². The van der Waals surface area contributed by atoms with E-state index in [-0.39, 0.29) is 17.8 Å². The van der Waals surface area contributed by atoms with E-state index in [0.717, 1.165) is 19.3 Å². The van der Waals surface area contributed by atoms with Gasteiger partial charge in [0.05, 0.1) is 5.01 Å². The van der Waals surface area contributed by atoms with Gasteiger partial charge in [-0.1, -0.05) is 20.3 Å². The van der Waals surface area contributed by atoms with Gasteiger partial charge in [0.2, 0.25) is 0 Å². The summed E-state index contributed by atoms with van der Waals surface area (Å²) in [4.78, 5) is 26.3. The zero-order chi connectivity index (χ0) is 15.0. The molecule has 2 amide bonds. The van der Waals surface area contributed by atoms with Crippen molar-refractivity contribution in [1.29, 1.82) is 0 Å². The number of amides is 2. The summed E-state index contributed by atoms with van der Waals surface area (Å²) in [6.45, 7) is 4.58. The molecule has 0 saturated carbocycles. The van der Waals surface area contributed by atoms with Gasteiger partial charge >= 0.3 is 12.0 Å². The topological polar surface area (TPSA) is 91.3 Å². The molecule has 0 aromatic carbocycles. The molecule has 6 nitrogen and oxygen atoms in total. The summed E-state index contributed by atoms with van der Waals surface area (Å²) in [6.07, 6.45) is 3.46. The highest BCUT2D eigenvalue weighted by molar-refractivity contribution is 7.09. The highest BCUT2D eigenvalue weighted by Gasteiger charge is 2.10. The number of hydrogen-bond acceptors (Lipinski definition) is 4. The van der Waals surface area contributed by atoms with Crippen LogP contribution in [0, 0.1) is 0 Å². The number of rotatable bonds is 8. The summed E-state index contributed by atoms with van der Waals surface area (Å²) in [5.41, 5.74) is 0.0587. The predicted octanol–water partition coefficient (Wildman–Crippen LogP) is 2.26. The van der Waals surface area contributed by atoms with Gasteiger partial charge in [-0.3, -0.25) is 0 Å². The monoisotopic (exact) mass is 299 g/mol. The molecule has 1 aromatic rings. The molecule has 0 aliphatic carbocycles. The van der Waals surface area contributed by atoms with Gasteiger partial charge in [0.1, 0.15) is 0 Å². The Morgan fingerprint density at radius 3 is 2.75 bits per heavy atom. The van der Waals surface area contributed by atoms with E-state index in [2.05, 4.69) is 22.5 Å². The Morgan fingerprint density at radius 2 is 2.20 bits per heavy atom. The number of urea groups is 1. The van der Waals surface area contributed by atoms with Crippen LogP contribution in [-0.4, -0.2) is 34.7 Å². The van der Waals surface area contributed by atoms with Gasteiger partial charge in [0.25, 0.3) is 0 Å². The Hall–Kier alpha value is -1.63. The Morgan fingerprint density at radius 1 is 1.45 bits per heavy atom. The molecule has 0 radical (unpaired) electrons. The first-order valence-electron chi connectivity index (χ1n) is 6.78. The minimum absolute atomic E-state index is 0.0587. The van der Waals surface area contributed by atoms with Gasteiger partial charge < -0.3 is 15.7 Å². The number of carbonyl (C=O) groups excluding carboxylic acids is 1. The number of aromatic carboxylic acids is 1. The smallest absolute Gasteiger partial charge is 0.355 e. The second-order valence-electron chi connectivity index (χ2n) is 4.48. The molecule has 1 atom stereocenters. The Bertz CT molecular complexity index is 448. The number of carbonyl (C=O) groups is 2. The van der Waals surface area contributed by atoms with Crippen LogP contribution in [0.15, 0.2) is 5.38 Å². The predicted molar refractivity (Wildman–Crippen MR) is 78.3 cm³/mol. The van der Waals surface area contributed by atoms with Crippen LogP contribution in [0.1, 0.15) is 48.6 Å². The average Bonchev–Trinajstić information content (AvgIpc) is 2.87. The van der Waals surface area contributed by atoms with Gasteiger partial charge in [0, 0.05) is 24.4 Å². The van der Waals surface area contributed by atoms with Gasteiger partial charge in [-0.2, -0.15) is 0 Å². The normalized spacial score (nSPS) is 11.9. The van der Waals surface area contributed by atoms with E-state index in [9.17, 15) is 9.59 Å². The molecule has 1 rings (SSSR count). The van der Waals surface area contributed by atoms with E-state index in [0.29, 0.717) is 18.0 Å². The molecule has 0 saturated heterocycles. The molecule has 112 valence electrons. The van der Waals surface area contributed by atoms with E-state index in [1.807, 2.05) is 6.92 Å².